The van der Waals surface area contributed by atoms with E-state index in [0.29, 0.717) is 16.8 Å². The van der Waals surface area contributed by atoms with Gasteiger partial charge in [-0.05, 0) is 18.6 Å². The number of carbonyl (C=O) groups is 4. The number of aromatic amines is 1. The Morgan fingerprint density at radius 2 is 1.76 bits per heavy atom. The van der Waals surface area contributed by atoms with Gasteiger partial charge in [0.25, 0.3) is 0 Å². The van der Waals surface area contributed by atoms with Crippen LogP contribution in [0, 0.1) is 0 Å². The van der Waals surface area contributed by atoms with Crippen LogP contribution in [0.4, 0.5) is 5.69 Å². The number of benzene rings is 2. The molecule has 7 N–H and O–H groups in total. The van der Waals surface area contributed by atoms with Crippen LogP contribution in [0.2, 0.25) is 0 Å². The number of hydrogen-bond donors (Lipinski definition) is 5. The van der Waals surface area contributed by atoms with Crippen LogP contribution in [0.3, 0.4) is 0 Å². The molecular weight excluding hydrogens is 436 g/mol. The third-order valence-electron chi connectivity index (χ3n) is 5.07. The normalized spacial score (nSPS) is 12.4. The largest absolute Gasteiger partial charge is 0.369 e. The predicted molar refractivity (Wildman–Crippen MR) is 126 cm³/mol. The van der Waals surface area contributed by atoms with Gasteiger partial charge in [-0.2, -0.15) is 0 Å². The van der Waals surface area contributed by atoms with Crippen molar-refractivity contribution in [3.8, 4) is 0 Å². The number of hydrogen-bond acceptors (Lipinski definition) is 6. The van der Waals surface area contributed by atoms with Crippen LogP contribution in [0.5, 0.6) is 0 Å². The Bertz CT molecular complexity index is 1180. The topological polar surface area (TPSA) is 173 Å². The minimum Gasteiger partial charge on any atom is -0.369 e. The number of amides is 3. The van der Waals surface area contributed by atoms with Crippen molar-refractivity contribution in [2.24, 2.45) is 11.5 Å². The van der Waals surface area contributed by atoms with Crippen molar-refractivity contribution >= 4 is 29.2 Å². The second kappa shape index (κ2) is 11.0. The Balaban J connectivity index is 1.98. The average molecular weight is 463 g/mol. The van der Waals surface area contributed by atoms with Gasteiger partial charge in [-0.3, -0.25) is 19.2 Å². The lowest BCUT2D eigenvalue weighted by Gasteiger charge is -2.21. The number of carbonyl (C=O) groups excluding carboxylic acids is 4. The van der Waals surface area contributed by atoms with Gasteiger partial charge in [0.15, 0.2) is 5.78 Å². The van der Waals surface area contributed by atoms with Crippen molar-refractivity contribution in [3.63, 3.8) is 0 Å². The van der Waals surface area contributed by atoms with Gasteiger partial charge in [0, 0.05) is 29.4 Å². The molecule has 0 spiro atoms. The van der Waals surface area contributed by atoms with E-state index in [9.17, 15) is 19.2 Å². The van der Waals surface area contributed by atoms with E-state index in [1.54, 1.807) is 48.5 Å². The van der Waals surface area contributed by atoms with E-state index in [0.717, 1.165) is 0 Å². The number of para-hydroxylation sites is 1. The van der Waals surface area contributed by atoms with Crippen LogP contribution in [-0.4, -0.2) is 45.6 Å². The van der Waals surface area contributed by atoms with E-state index in [1.807, 2.05) is 0 Å². The van der Waals surface area contributed by atoms with Crippen LogP contribution in [0.25, 0.3) is 0 Å². The Morgan fingerprint density at radius 1 is 1.03 bits per heavy atom. The zero-order chi connectivity index (χ0) is 24.7. The summed E-state index contributed by atoms with van der Waals surface area (Å²) in [5, 5.41) is 5.35. The number of nitrogens with zero attached hydrogens (tertiary/aromatic N) is 1. The number of anilines is 1. The van der Waals surface area contributed by atoms with E-state index in [-0.39, 0.29) is 29.9 Å². The van der Waals surface area contributed by atoms with Gasteiger partial charge in [0.05, 0.1) is 24.5 Å². The van der Waals surface area contributed by atoms with Crippen molar-refractivity contribution in [2.45, 2.75) is 31.8 Å². The second-order valence-electron chi connectivity index (χ2n) is 7.80. The van der Waals surface area contributed by atoms with Crippen molar-refractivity contribution in [3.05, 3.63) is 83.4 Å². The molecule has 3 aromatic rings. The lowest BCUT2D eigenvalue weighted by atomic mass is 9.96. The van der Waals surface area contributed by atoms with Crippen molar-refractivity contribution in [1.29, 1.82) is 0 Å². The van der Waals surface area contributed by atoms with E-state index in [4.69, 9.17) is 11.5 Å². The molecule has 1 heterocycles. The fourth-order valence-electron chi connectivity index (χ4n) is 3.36. The van der Waals surface area contributed by atoms with Crippen molar-refractivity contribution < 1.29 is 19.2 Å². The first-order chi connectivity index (χ1) is 16.3. The fraction of sp³-hybridized carbons (Fsp3) is 0.208. The molecule has 0 bridgehead atoms. The zero-order valence-corrected chi connectivity index (χ0v) is 18.6. The molecule has 0 aliphatic rings. The lowest BCUT2D eigenvalue weighted by molar-refractivity contribution is -0.127. The molecule has 10 nitrogen and oxygen atoms in total. The molecule has 0 fully saturated rings. The Kier molecular flexibility index (Phi) is 7.88. The van der Waals surface area contributed by atoms with Gasteiger partial charge in [-0.1, -0.05) is 42.5 Å². The molecule has 3 rings (SSSR count). The molecule has 1 aromatic heterocycles. The molecule has 0 radical (unpaired) electrons. The van der Waals surface area contributed by atoms with Gasteiger partial charge >= 0.3 is 0 Å². The number of primary amides is 1. The molecule has 0 saturated carbocycles. The standard InChI is InChI=1S/C24H26N6O4/c1-14(25)23(33)29-19(11-17-12-27-13-28-17)24(34)30-21-16(10-20(26)31)8-5-9-18(21)22(32)15-6-3-2-4-7-15/h2-9,12-14,19H,10-11,25H2,1H3,(H2,26,31)(H,27,28)(H,29,33)(H,30,34). The van der Waals surface area contributed by atoms with Gasteiger partial charge in [-0.15, -0.1) is 0 Å². The molecule has 0 aliphatic heterocycles. The van der Waals surface area contributed by atoms with Crippen LogP contribution in [0.1, 0.15) is 34.1 Å². The first-order valence-electron chi connectivity index (χ1n) is 10.6. The smallest absolute Gasteiger partial charge is 0.247 e. The van der Waals surface area contributed by atoms with Crippen LogP contribution in [-0.2, 0) is 27.2 Å². The summed E-state index contributed by atoms with van der Waals surface area (Å²) in [4.78, 5) is 57.3. The number of nitrogens with one attached hydrogen (secondary N) is 3. The first-order valence-corrected chi connectivity index (χ1v) is 10.6. The first kappa shape index (κ1) is 24.3. The molecule has 2 unspecified atom stereocenters. The number of ketones is 1. The molecular formula is C24H26N6O4. The maximum absolute atomic E-state index is 13.3. The average Bonchev–Trinajstić information content (AvgIpc) is 3.32. The molecule has 176 valence electrons. The van der Waals surface area contributed by atoms with Crippen molar-refractivity contribution in [1.82, 2.24) is 15.3 Å². The maximum Gasteiger partial charge on any atom is 0.247 e. The van der Waals surface area contributed by atoms with Crippen LogP contribution < -0.4 is 22.1 Å². The Labute approximate surface area is 196 Å². The van der Waals surface area contributed by atoms with Crippen LogP contribution in [0.15, 0.2) is 61.1 Å². The summed E-state index contributed by atoms with van der Waals surface area (Å²) in [5.41, 5.74) is 12.8. The minimum atomic E-state index is -1.03. The predicted octanol–water partition coefficient (Wildman–Crippen LogP) is 0.682. The summed E-state index contributed by atoms with van der Waals surface area (Å²) in [7, 11) is 0. The van der Waals surface area contributed by atoms with E-state index < -0.39 is 29.8 Å². The Hall–Kier alpha value is -4.31. The lowest BCUT2D eigenvalue weighted by Crippen LogP contribution is -2.50. The maximum atomic E-state index is 13.3. The number of rotatable bonds is 10. The van der Waals surface area contributed by atoms with E-state index >= 15 is 0 Å². The molecule has 34 heavy (non-hydrogen) atoms. The summed E-state index contributed by atoms with van der Waals surface area (Å²) in [6.07, 6.45) is 2.90. The highest BCUT2D eigenvalue weighted by molar-refractivity contribution is 6.15. The zero-order valence-electron chi connectivity index (χ0n) is 18.6. The van der Waals surface area contributed by atoms with Crippen molar-refractivity contribution in [2.75, 3.05) is 5.32 Å². The summed E-state index contributed by atoms with van der Waals surface area (Å²) in [5.74, 6) is -2.08. The molecule has 2 atom stereocenters. The third kappa shape index (κ3) is 6.14. The summed E-state index contributed by atoms with van der Waals surface area (Å²) in [6, 6.07) is 11.4. The number of nitrogens with two attached hydrogens (primary N) is 2. The third-order valence-corrected chi connectivity index (χ3v) is 5.07. The minimum absolute atomic E-state index is 0.101. The highest BCUT2D eigenvalue weighted by atomic mass is 16.2. The van der Waals surface area contributed by atoms with Gasteiger partial charge < -0.3 is 27.1 Å². The Morgan fingerprint density at radius 3 is 2.38 bits per heavy atom. The summed E-state index contributed by atoms with van der Waals surface area (Å²) in [6.45, 7) is 1.50. The fourth-order valence-corrected chi connectivity index (χ4v) is 3.36. The van der Waals surface area contributed by atoms with Gasteiger partial charge in [0.1, 0.15) is 6.04 Å². The van der Waals surface area contributed by atoms with Gasteiger partial charge in [0.2, 0.25) is 17.7 Å². The highest BCUT2D eigenvalue weighted by Gasteiger charge is 2.26. The van der Waals surface area contributed by atoms with Crippen LogP contribution >= 0.6 is 0 Å². The summed E-state index contributed by atoms with van der Waals surface area (Å²) < 4.78 is 0. The number of imidazole rings is 1. The molecule has 0 saturated heterocycles. The SMILES string of the molecule is CC(N)C(=O)NC(Cc1cnc[nH]1)C(=O)Nc1c(CC(N)=O)cccc1C(=O)c1ccccc1. The highest BCUT2D eigenvalue weighted by Crippen LogP contribution is 2.25. The number of H-pyrrole nitrogens is 1. The summed E-state index contributed by atoms with van der Waals surface area (Å²) >= 11 is 0. The van der Waals surface area contributed by atoms with E-state index in [2.05, 4.69) is 20.6 Å². The second-order valence-corrected chi connectivity index (χ2v) is 7.80. The molecule has 2 aromatic carbocycles. The van der Waals surface area contributed by atoms with E-state index in [1.165, 1.54) is 19.4 Å². The molecule has 10 heteroatoms. The monoisotopic (exact) mass is 462 g/mol. The number of aromatic nitrogens is 2. The quantitative estimate of drug-likeness (QED) is 0.277. The molecule has 0 aliphatic carbocycles. The van der Waals surface area contributed by atoms with Gasteiger partial charge in [-0.25, -0.2) is 4.98 Å². The molecule has 3 amide bonds.